The number of hydrogen-bond donors (Lipinski definition) is 2. The van der Waals surface area contributed by atoms with Gasteiger partial charge in [0.05, 0.1) is 5.52 Å². The predicted octanol–water partition coefficient (Wildman–Crippen LogP) is 2.51. The smallest absolute Gasteiger partial charge is 0.276 e. The lowest BCUT2D eigenvalue weighted by Crippen LogP contribution is -2.16. The van der Waals surface area contributed by atoms with Crippen LogP contribution in [-0.2, 0) is 0 Å². The number of halogens is 1. The molecule has 104 valence electrons. The second-order valence-electron chi connectivity index (χ2n) is 4.27. The highest BCUT2D eigenvalue weighted by atomic mass is 35.5. The van der Waals surface area contributed by atoms with E-state index in [0.29, 0.717) is 11.2 Å². The van der Waals surface area contributed by atoms with Crippen molar-refractivity contribution < 1.29 is 4.79 Å². The lowest BCUT2D eigenvalue weighted by molar-refractivity contribution is 0.102. The SMILES string of the molecule is Nc1cc(C(=O)Nc2nccc(Cl)n2)nc2ccccc12. The number of hydrogen-bond acceptors (Lipinski definition) is 5. The molecule has 0 spiro atoms. The molecular weight excluding hydrogens is 290 g/mol. The van der Waals surface area contributed by atoms with Gasteiger partial charge in [-0.25, -0.2) is 15.0 Å². The first-order valence-electron chi connectivity index (χ1n) is 6.08. The van der Waals surface area contributed by atoms with Gasteiger partial charge in [-0.1, -0.05) is 29.8 Å². The zero-order valence-corrected chi connectivity index (χ0v) is 11.5. The molecule has 6 nitrogen and oxygen atoms in total. The molecule has 0 radical (unpaired) electrons. The number of carbonyl (C=O) groups is 1. The number of para-hydroxylation sites is 1. The molecule has 0 atom stereocenters. The standard InChI is InChI=1S/C14H10ClN5O/c15-12-5-6-17-14(19-12)20-13(21)11-7-9(16)8-3-1-2-4-10(8)18-11/h1-7H,(H2,16,18)(H,17,19,20,21). The number of rotatable bonds is 2. The molecule has 0 bridgehead atoms. The molecule has 2 heterocycles. The van der Waals surface area contributed by atoms with Gasteiger partial charge in [-0.05, 0) is 18.2 Å². The Bertz CT molecular complexity index is 836. The van der Waals surface area contributed by atoms with Crippen molar-refractivity contribution in [3.05, 3.63) is 53.4 Å². The van der Waals surface area contributed by atoms with Gasteiger partial charge in [0.2, 0.25) is 5.95 Å². The summed E-state index contributed by atoms with van der Waals surface area (Å²) in [5.41, 5.74) is 7.26. The number of carbonyl (C=O) groups excluding carboxylic acids is 1. The largest absolute Gasteiger partial charge is 0.398 e. The first kappa shape index (κ1) is 13.3. The quantitative estimate of drug-likeness (QED) is 0.709. The minimum Gasteiger partial charge on any atom is -0.398 e. The number of nitrogens with one attached hydrogen (secondary N) is 1. The van der Waals surface area contributed by atoms with Crippen LogP contribution in [0.25, 0.3) is 10.9 Å². The summed E-state index contributed by atoms with van der Waals surface area (Å²) in [7, 11) is 0. The Labute approximate surface area is 125 Å². The van der Waals surface area contributed by atoms with Gasteiger partial charge in [-0.2, -0.15) is 0 Å². The van der Waals surface area contributed by atoms with Crippen molar-refractivity contribution in [2.45, 2.75) is 0 Å². The van der Waals surface area contributed by atoms with Crippen LogP contribution in [0, 0.1) is 0 Å². The molecule has 0 aliphatic carbocycles. The highest BCUT2D eigenvalue weighted by Gasteiger charge is 2.12. The summed E-state index contributed by atoms with van der Waals surface area (Å²) in [6.45, 7) is 0. The van der Waals surface area contributed by atoms with E-state index in [9.17, 15) is 4.79 Å². The number of pyridine rings is 1. The van der Waals surface area contributed by atoms with Crippen LogP contribution in [0.2, 0.25) is 5.15 Å². The molecule has 1 amide bonds. The van der Waals surface area contributed by atoms with Crippen LogP contribution in [0.3, 0.4) is 0 Å². The van der Waals surface area contributed by atoms with Crippen LogP contribution in [0.15, 0.2) is 42.6 Å². The highest BCUT2D eigenvalue weighted by Crippen LogP contribution is 2.20. The Balaban J connectivity index is 1.94. The molecule has 0 saturated carbocycles. The van der Waals surface area contributed by atoms with Gasteiger partial charge >= 0.3 is 0 Å². The van der Waals surface area contributed by atoms with Crippen molar-refractivity contribution >= 4 is 40.0 Å². The minimum atomic E-state index is -0.449. The Morgan fingerprint density at radius 2 is 2.00 bits per heavy atom. The third-order valence-corrected chi connectivity index (χ3v) is 3.04. The van der Waals surface area contributed by atoms with Crippen molar-refractivity contribution in [2.24, 2.45) is 0 Å². The molecule has 21 heavy (non-hydrogen) atoms. The normalized spacial score (nSPS) is 10.5. The number of aromatic nitrogens is 3. The summed E-state index contributed by atoms with van der Waals surface area (Å²) in [6, 6.07) is 10.4. The van der Waals surface area contributed by atoms with E-state index in [1.54, 1.807) is 6.07 Å². The number of fused-ring (bicyclic) bond motifs is 1. The molecule has 0 aliphatic rings. The molecule has 0 fully saturated rings. The van der Waals surface area contributed by atoms with E-state index in [1.807, 2.05) is 18.2 Å². The second kappa shape index (κ2) is 5.34. The van der Waals surface area contributed by atoms with E-state index in [4.69, 9.17) is 17.3 Å². The van der Waals surface area contributed by atoms with E-state index in [1.165, 1.54) is 18.3 Å². The zero-order chi connectivity index (χ0) is 14.8. The Morgan fingerprint density at radius 1 is 1.19 bits per heavy atom. The van der Waals surface area contributed by atoms with Gasteiger partial charge in [0.15, 0.2) is 0 Å². The number of nitrogens with two attached hydrogens (primary N) is 1. The molecule has 0 saturated heterocycles. The first-order chi connectivity index (χ1) is 10.1. The van der Waals surface area contributed by atoms with Crippen molar-refractivity contribution in [1.29, 1.82) is 0 Å². The summed E-state index contributed by atoms with van der Waals surface area (Å²) in [6.07, 6.45) is 1.45. The number of nitrogens with zero attached hydrogens (tertiary/aromatic N) is 3. The van der Waals surface area contributed by atoms with Gasteiger partial charge in [0, 0.05) is 17.3 Å². The molecule has 0 unspecified atom stereocenters. The van der Waals surface area contributed by atoms with Crippen LogP contribution >= 0.6 is 11.6 Å². The summed E-state index contributed by atoms with van der Waals surface area (Å²) in [4.78, 5) is 24.2. The molecule has 2 aromatic heterocycles. The maximum Gasteiger partial charge on any atom is 0.276 e. The summed E-state index contributed by atoms with van der Waals surface area (Å²) in [5.74, 6) is -0.337. The lowest BCUT2D eigenvalue weighted by Gasteiger charge is -2.06. The predicted molar refractivity (Wildman–Crippen MR) is 81.2 cm³/mol. The fraction of sp³-hybridized carbons (Fsp3) is 0. The van der Waals surface area contributed by atoms with E-state index in [-0.39, 0.29) is 16.8 Å². The van der Waals surface area contributed by atoms with Crippen molar-refractivity contribution in [3.63, 3.8) is 0 Å². The molecule has 3 aromatic rings. The second-order valence-corrected chi connectivity index (χ2v) is 4.66. The molecule has 3 N–H and O–H groups in total. The average Bonchev–Trinajstić information content (AvgIpc) is 2.47. The van der Waals surface area contributed by atoms with E-state index < -0.39 is 5.91 Å². The first-order valence-corrected chi connectivity index (χ1v) is 6.46. The maximum absolute atomic E-state index is 12.2. The Morgan fingerprint density at radius 3 is 2.81 bits per heavy atom. The molecule has 7 heteroatoms. The fourth-order valence-electron chi connectivity index (χ4n) is 1.88. The van der Waals surface area contributed by atoms with Crippen molar-refractivity contribution in [3.8, 4) is 0 Å². The number of benzene rings is 1. The van der Waals surface area contributed by atoms with Gasteiger partial charge < -0.3 is 5.73 Å². The van der Waals surface area contributed by atoms with E-state index >= 15 is 0 Å². The van der Waals surface area contributed by atoms with Crippen LogP contribution in [0.1, 0.15) is 10.5 Å². The van der Waals surface area contributed by atoms with Crippen molar-refractivity contribution in [1.82, 2.24) is 15.0 Å². The lowest BCUT2D eigenvalue weighted by atomic mass is 10.1. The molecule has 3 rings (SSSR count). The van der Waals surface area contributed by atoms with Crippen LogP contribution in [-0.4, -0.2) is 20.9 Å². The van der Waals surface area contributed by atoms with Crippen LogP contribution in [0.5, 0.6) is 0 Å². The number of anilines is 2. The summed E-state index contributed by atoms with van der Waals surface area (Å²) in [5, 5.41) is 3.57. The highest BCUT2D eigenvalue weighted by molar-refractivity contribution is 6.29. The number of nitrogen functional groups attached to an aromatic ring is 1. The third kappa shape index (κ3) is 2.75. The van der Waals surface area contributed by atoms with Gasteiger partial charge in [0.1, 0.15) is 10.8 Å². The Kier molecular flexibility index (Phi) is 3.37. The maximum atomic E-state index is 12.2. The molecular formula is C14H10ClN5O. The van der Waals surface area contributed by atoms with E-state index in [0.717, 1.165) is 5.39 Å². The van der Waals surface area contributed by atoms with Gasteiger partial charge in [-0.3, -0.25) is 10.1 Å². The van der Waals surface area contributed by atoms with E-state index in [2.05, 4.69) is 20.3 Å². The number of amides is 1. The average molecular weight is 300 g/mol. The van der Waals surface area contributed by atoms with Gasteiger partial charge in [0.25, 0.3) is 5.91 Å². The molecule has 1 aromatic carbocycles. The minimum absolute atomic E-state index is 0.112. The fourth-order valence-corrected chi connectivity index (χ4v) is 2.02. The Hall–Kier alpha value is -2.73. The monoisotopic (exact) mass is 299 g/mol. The van der Waals surface area contributed by atoms with Gasteiger partial charge in [-0.15, -0.1) is 0 Å². The van der Waals surface area contributed by atoms with Crippen LogP contribution < -0.4 is 11.1 Å². The zero-order valence-electron chi connectivity index (χ0n) is 10.7. The van der Waals surface area contributed by atoms with Crippen molar-refractivity contribution in [2.75, 3.05) is 11.1 Å². The third-order valence-electron chi connectivity index (χ3n) is 2.83. The summed E-state index contributed by atoms with van der Waals surface area (Å²) < 4.78 is 0. The van der Waals surface area contributed by atoms with Crippen LogP contribution in [0.4, 0.5) is 11.6 Å². The summed E-state index contributed by atoms with van der Waals surface area (Å²) >= 11 is 5.74. The molecule has 0 aliphatic heterocycles. The topological polar surface area (TPSA) is 93.8 Å².